The third kappa shape index (κ3) is 4.00. The highest BCUT2D eigenvalue weighted by Crippen LogP contribution is 2.32. The first-order valence-corrected chi connectivity index (χ1v) is 8.62. The lowest BCUT2D eigenvalue weighted by molar-refractivity contribution is -0.127. The first kappa shape index (κ1) is 17.9. The number of carbonyl (C=O) groups is 3. The summed E-state index contributed by atoms with van der Waals surface area (Å²) in [6, 6.07) is 12.8. The molecule has 2 aromatic carbocycles. The molecule has 1 saturated heterocycles. The highest BCUT2D eigenvalue weighted by molar-refractivity contribution is 8.18. The standard InChI is InChI=1S/C19H15FN2O3S/c1-12-4-2-3-5-15(12)21-17(23)11-22-18(24)16(26-19(22)25)10-13-6-8-14(20)9-7-13/h2-10H,11H2,1H3,(H,21,23)/b16-10-. The second kappa shape index (κ2) is 7.53. The number of aryl methyl sites for hydroxylation is 1. The number of imide groups is 1. The van der Waals surface area contributed by atoms with E-state index in [4.69, 9.17) is 0 Å². The summed E-state index contributed by atoms with van der Waals surface area (Å²) in [5.74, 6) is -1.38. The second-order valence-corrected chi connectivity index (χ2v) is 6.68. The molecule has 0 spiro atoms. The van der Waals surface area contributed by atoms with E-state index in [-0.39, 0.29) is 17.3 Å². The Balaban J connectivity index is 1.70. The smallest absolute Gasteiger partial charge is 0.294 e. The lowest BCUT2D eigenvalue weighted by Crippen LogP contribution is -2.36. The van der Waals surface area contributed by atoms with E-state index in [0.717, 1.165) is 22.2 Å². The molecule has 3 rings (SSSR count). The molecule has 1 aliphatic heterocycles. The number of nitrogens with zero attached hydrogens (tertiary/aromatic N) is 1. The number of halogens is 1. The minimum Gasteiger partial charge on any atom is -0.324 e. The van der Waals surface area contributed by atoms with E-state index in [1.54, 1.807) is 12.1 Å². The molecule has 1 aliphatic rings. The minimum atomic E-state index is -0.538. The fraction of sp³-hybridized carbons (Fsp3) is 0.105. The van der Waals surface area contributed by atoms with Crippen molar-refractivity contribution < 1.29 is 18.8 Å². The lowest BCUT2D eigenvalue weighted by atomic mass is 10.2. The van der Waals surface area contributed by atoms with Crippen molar-refractivity contribution >= 4 is 40.6 Å². The van der Waals surface area contributed by atoms with Gasteiger partial charge in [0.1, 0.15) is 12.4 Å². The van der Waals surface area contributed by atoms with Crippen molar-refractivity contribution in [2.45, 2.75) is 6.92 Å². The Morgan fingerprint density at radius 3 is 2.54 bits per heavy atom. The number of anilines is 1. The number of thioether (sulfide) groups is 1. The van der Waals surface area contributed by atoms with Gasteiger partial charge in [-0.15, -0.1) is 0 Å². The summed E-state index contributed by atoms with van der Waals surface area (Å²) in [6.45, 7) is 1.49. The highest BCUT2D eigenvalue weighted by Gasteiger charge is 2.36. The molecular formula is C19H15FN2O3S. The molecule has 26 heavy (non-hydrogen) atoms. The van der Waals surface area contributed by atoms with Crippen LogP contribution in [-0.4, -0.2) is 28.5 Å². The molecular weight excluding hydrogens is 355 g/mol. The van der Waals surface area contributed by atoms with Crippen molar-refractivity contribution in [1.29, 1.82) is 0 Å². The van der Waals surface area contributed by atoms with Crippen LogP contribution in [0.1, 0.15) is 11.1 Å². The van der Waals surface area contributed by atoms with Gasteiger partial charge in [0.15, 0.2) is 0 Å². The maximum absolute atomic E-state index is 13.0. The monoisotopic (exact) mass is 370 g/mol. The van der Waals surface area contributed by atoms with Crippen LogP contribution in [0.4, 0.5) is 14.9 Å². The Hall–Kier alpha value is -2.93. The van der Waals surface area contributed by atoms with E-state index >= 15 is 0 Å². The van der Waals surface area contributed by atoms with Gasteiger partial charge in [-0.25, -0.2) is 4.39 Å². The van der Waals surface area contributed by atoms with Crippen LogP contribution in [0, 0.1) is 12.7 Å². The van der Waals surface area contributed by atoms with Crippen LogP contribution in [0.2, 0.25) is 0 Å². The van der Waals surface area contributed by atoms with E-state index in [2.05, 4.69) is 5.32 Å². The maximum atomic E-state index is 13.0. The van der Waals surface area contributed by atoms with Crippen LogP contribution in [-0.2, 0) is 9.59 Å². The normalized spacial score (nSPS) is 15.6. The van der Waals surface area contributed by atoms with Gasteiger partial charge in [-0.3, -0.25) is 19.3 Å². The SMILES string of the molecule is Cc1ccccc1NC(=O)CN1C(=O)S/C(=C\c2ccc(F)cc2)C1=O. The Labute approximate surface area is 153 Å². The van der Waals surface area contributed by atoms with Crippen molar-refractivity contribution in [1.82, 2.24) is 4.90 Å². The molecule has 0 bridgehead atoms. The third-order valence-electron chi connectivity index (χ3n) is 3.76. The molecule has 1 fully saturated rings. The zero-order chi connectivity index (χ0) is 18.7. The maximum Gasteiger partial charge on any atom is 0.294 e. The van der Waals surface area contributed by atoms with Crippen LogP contribution in [0.5, 0.6) is 0 Å². The molecule has 0 atom stereocenters. The Morgan fingerprint density at radius 2 is 1.85 bits per heavy atom. The van der Waals surface area contributed by atoms with Crippen molar-refractivity contribution in [2.24, 2.45) is 0 Å². The van der Waals surface area contributed by atoms with Crippen LogP contribution in [0.15, 0.2) is 53.4 Å². The number of carbonyl (C=O) groups excluding carboxylic acids is 3. The molecule has 2 aromatic rings. The molecule has 1 heterocycles. The number of nitrogens with one attached hydrogen (secondary N) is 1. The average Bonchev–Trinajstić information content (AvgIpc) is 2.86. The highest BCUT2D eigenvalue weighted by atomic mass is 32.2. The third-order valence-corrected chi connectivity index (χ3v) is 4.67. The van der Waals surface area contributed by atoms with E-state index in [1.807, 2.05) is 19.1 Å². The van der Waals surface area contributed by atoms with Crippen LogP contribution in [0.3, 0.4) is 0 Å². The summed E-state index contributed by atoms with van der Waals surface area (Å²) >= 11 is 0.757. The average molecular weight is 370 g/mol. The van der Waals surface area contributed by atoms with E-state index in [0.29, 0.717) is 11.3 Å². The Morgan fingerprint density at radius 1 is 1.15 bits per heavy atom. The topological polar surface area (TPSA) is 66.5 Å². The van der Waals surface area contributed by atoms with Gasteiger partial charge in [-0.05, 0) is 54.1 Å². The molecule has 5 nitrogen and oxygen atoms in total. The van der Waals surface area contributed by atoms with Gasteiger partial charge in [-0.1, -0.05) is 30.3 Å². The zero-order valence-corrected chi connectivity index (χ0v) is 14.7. The first-order chi connectivity index (χ1) is 12.4. The predicted molar refractivity (Wildman–Crippen MR) is 98.9 cm³/mol. The fourth-order valence-electron chi connectivity index (χ4n) is 2.39. The summed E-state index contributed by atoms with van der Waals surface area (Å²) in [6.07, 6.45) is 1.50. The second-order valence-electron chi connectivity index (χ2n) is 5.68. The van der Waals surface area contributed by atoms with Gasteiger partial charge in [0, 0.05) is 5.69 Å². The van der Waals surface area contributed by atoms with Crippen molar-refractivity contribution in [3.8, 4) is 0 Å². The number of para-hydroxylation sites is 1. The van der Waals surface area contributed by atoms with Gasteiger partial charge in [0.25, 0.3) is 11.1 Å². The molecule has 0 unspecified atom stereocenters. The van der Waals surface area contributed by atoms with Gasteiger partial charge in [-0.2, -0.15) is 0 Å². The Kier molecular flexibility index (Phi) is 5.18. The molecule has 7 heteroatoms. The predicted octanol–water partition coefficient (Wildman–Crippen LogP) is 3.81. The number of benzene rings is 2. The summed E-state index contributed by atoms with van der Waals surface area (Å²) in [7, 11) is 0. The van der Waals surface area contributed by atoms with Crippen molar-refractivity contribution in [3.05, 3.63) is 70.4 Å². The summed E-state index contributed by atoms with van der Waals surface area (Å²) in [4.78, 5) is 37.8. The molecule has 1 N–H and O–H groups in total. The molecule has 0 aromatic heterocycles. The van der Waals surface area contributed by atoms with Crippen molar-refractivity contribution in [2.75, 3.05) is 11.9 Å². The van der Waals surface area contributed by atoms with Crippen LogP contribution >= 0.6 is 11.8 Å². The van der Waals surface area contributed by atoms with Crippen LogP contribution < -0.4 is 5.32 Å². The van der Waals surface area contributed by atoms with Gasteiger partial charge >= 0.3 is 0 Å². The lowest BCUT2D eigenvalue weighted by Gasteiger charge is -2.13. The van der Waals surface area contributed by atoms with Crippen molar-refractivity contribution in [3.63, 3.8) is 0 Å². The molecule has 0 radical (unpaired) electrons. The molecule has 0 aliphatic carbocycles. The largest absolute Gasteiger partial charge is 0.324 e. The number of amides is 3. The number of hydrogen-bond acceptors (Lipinski definition) is 4. The molecule has 0 saturated carbocycles. The van der Waals surface area contributed by atoms with Gasteiger partial charge in [0.2, 0.25) is 5.91 Å². The summed E-state index contributed by atoms with van der Waals surface area (Å²) in [5, 5.41) is 2.18. The summed E-state index contributed by atoms with van der Waals surface area (Å²) in [5.41, 5.74) is 2.11. The zero-order valence-electron chi connectivity index (χ0n) is 13.9. The van der Waals surface area contributed by atoms with Gasteiger partial charge < -0.3 is 5.32 Å². The van der Waals surface area contributed by atoms with E-state index in [1.165, 1.54) is 30.3 Å². The fourth-order valence-corrected chi connectivity index (χ4v) is 3.23. The van der Waals surface area contributed by atoms with E-state index in [9.17, 15) is 18.8 Å². The van der Waals surface area contributed by atoms with Gasteiger partial charge in [0.05, 0.1) is 4.91 Å². The minimum absolute atomic E-state index is 0.199. The number of rotatable bonds is 4. The number of hydrogen-bond donors (Lipinski definition) is 1. The first-order valence-electron chi connectivity index (χ1n) is 7.80. The molecule has 3 amide bonds. The quantitative estimate of drug-likeness (QED) is 0.831. The Bertz CT molecular complexity index is 909. The molecule has 132 valence electrons. The van der Waals surface area contributed by atoms with E-state index < -0.39 is 17.1 Å². The summed E-state index contributed by atoms with van der Waals surface area (Å²) < 4.78 is 13.0. The van der Waals surface area contributed by atoms with Crippen LogP contribution in [0.25, 0.3) is 6.08 Å².